The summed E-state index contributed by atoms with van der Waals surface area (Å²) in [6, 6.07) is 8.55. The van der Waals surface area contributed by atoms with Crippen molar-refractivity contribution in [3.8, 4) is 0 Å². The van der Waals surface area contributed by atoms with Gasteiger partial charge in [0.25, 0.3) is 0 Å². The number of nitrogens with zero attached hydrogens (tertiary/aromatic N) is 2. The molecule has 118 valence electrons. The van der Waals surface area contributed by atoms with Gasteiger partial charge in [0.1, 0.15) is 0 Å². The summed E-state index contributed by atoms with van der Waals surface area (Å²) in [6.07, 6.45) is 0. The molecule has 1 aliphatic rings. The van der Waals surface area contributed by atoms with Crippen molar-refractivity contribution in [3.63, 3.8) is 0 Å². The summed E-state index contributed by atoms with van der Waals surface area (Å²) in [5.74, 6) is 0. The van der Waals surface area contributed by atoms with E-state index in [0.29, 0.717) is 6.04 Å². The molecule has 1 N–H and O–H groups in total. The molecule has 0 aromatic heterocycles. The summed E-state index contributed by atoms with van der Waals surface area (Å²) in [7, 11) is 1.74. The second-order valence-corrected chi connectivity index (χ2v) is 6.05. The zero-order valence-electron chi connectivity index (χ0n) is 13.0. The standard InChI is InChI=1S/C16H26ClN3O/c1-14(13-21-2)18-7-8-19-9-11-20(12-10-19)16-5-3-15(17)4-6-16/h3-6,14,18H,7-13H2,1-2H3. The molecule has 5 heteroatoms. The average molecular weight is 312 g/mol. The molecule has 4 nitrogen and oxygen atoms in total. The zero-order valence-corrected chi connectivity index (χ0v) is 13.8. The maximum atomic E-state index is 5.94. The summed E-state index contributed by atoms with van der Waals surface area (Å²) < 4.78 is 5.13. The van der Waals surface area contributed by atoms with Crippen LogP contribution in [0.3, 0.4) is 0 Å². The van der Waals surface area contributed by atoms with Gasteiger partial charge < -0.3 is 15.0 Å². The molecule has 0 saturated carbocycles. The Hall–Kier alpha value is -0.810. The smallest absolute Gasteiger partial charge is 0.0613 e. The summed E-state index contributed by atoms with van der Waals surface area (Å²) in [5.41, 5.74) is 1.27. The Morgan fingerprint density at radius 3 is 2.48 bits per heavy atom. The van der Waals surface area contributed by atoms with E-state index < -0.39 is 0 Å². The molecule has 1 aliphatic heterocycles. The molecule has 0 aliphatic carbocycles. The number of ether oxygens (including phenoxy) is 1. The number of methoxy groups -OCH3 is 1. The van der Waals surface area contributed by atoms with Gasteiger partial charge in [0.2, 0.25) is 0 Å². The quantitative estimate of drug-likeness (QED) is 0.834. The zero-order chi connectivity index (χ0) is 15.1. The Morgan fingerprint density at radius 2 is 1.86 bits per heavy atom. The van der Waals surface area contributed by atoms with Crippen molar-refractivity contribution >= 4 is 17.3 Å². The number of nitrogens with one attached hydrogen (secondary N) is 1. The second-order valence-electron chi connectivity index (χ2n) is 5.62. The van der Waals surface area contributed by atoms with Gasteiger partial charge in [-0.1, -0.05) is 11.6 Å². The Labute approximate surface area is 133 Å². The maximum absolute atomic E-state index is 5.94. The first kappa shape index (κ1) is 16.6. The third-order valence-electron chi connectivity index (χ3n) is 3.90. The largest absolute Gasteiger partial charge is 0.383 e. The van der Waals surface area contributed by atoms with E-state index in [9.17, 15) is 0 Å². The van der Waals surface area contributed by atoms with Gasteiger partial charge in [-0.2, -0.15) is 0 Å². The van der Waals surface area contributed by atoms with Crippen molar-refractivity contribution in [3.05, 3.63) is 29.3 Å². The molecule has 0 amide bonds. The van der Waals surface area contributed by atoms with Crippen LogP contribution in [-0.4, -0.2) is 63.9 Å². The fourth-order valence-electron chi connectivity index (χ4n) is 2.66. The Balaban J connectivity index is 1.67. The first-order valence-electron chi connectivity index (χ1n) is 7.64. The van der Waals surface area contributed by atoms with Gasteiger partial charge in [0.15, 0.2) is 0 Å². The van der Waals surface area contributed by atoms with Gasteiger partial charge in [-0.25, -0.2) is 0 Å². The summed E-state index contributed by atoms with van der Waals surface area (Å²) in [5, 5.41) is 4.28. The molecule has 1 atom stereocenters. The normalized spacial score (nSPS) is 18.0. The summed E-state index contributed by atoms with van der Waals surface area (Å²) in [6.45, 7) is 9.43. The highest BCUT2D eigenvalue weighted by atomic mass is 35.5. The Kier molecular flexibility index (Phi) is 6.77. The lowest BCUT2D eigenvalue weighted by atomic mass is 10.2. The molecule has 1 aromatic rings. The van der Waals surface area contributed by atoms with Gasteiger partial charge in [-0.3, -0.25) is 4.90 Å². The van der Waals surface area contributed by atoms with Crippen molar-refractivity contribution in [2.24, 2.45) is 0 Å². The van der Waals surface area contributed by atoms with Gasteiger partial charge in [0, 0.05) is 63.1 Å². The second kappa shape index (κ2) is 8.59. The van der Waals surface area contributed by atoms with Crippen molar-refractivity contribution in [2.75, 3.05) is 57.9 Å². The minimum absolute atomic E-state index is 0.422. The van der Waals surface area contributed by atoms with E-state index in [0.717, 1.165) is 50.9 Å². The van der Waals surface area contributed by atoms with Gasteiger partial charge in [-0.05, 0) is 31.2 Å². The number of piperazine rings is 1. The van der Waals surface area contributed by atoms with Crippen LogP contribution in [0.4, 0.5) is 5.69 Å². The number of hydrogen-bond donors (Lipinski definition) is 1. The highest BCUT2D eigenvalue weighted by Crippen LogP contribution is 2.19. The first-order chi connectivity index (χ1) is 10.2. The molecular weight excluding hydrogens is 286 g/mol. The minimum atomic E-state index is 0.422. The lowest BCUT2D eigenvalue weighted by Gasteiger charge is -2.36. The predicted molar refractivity (Wildman–Crippen MR) is 89.4 cm³/mol. The van der Waals surface area contributed by atoms with Crippen LogP contribution in [0.25, 0.3) is 0 Å². The molecule has 0 bridgehead atoms. The van der Waals surface area contributed by atoms with E-state index in [2.05, 4.69) is 34.2 Å². The Bertz CT molecular complexity index is 404. The van der Waals surface area contributed by atoms with Crippen LogP contribution in [0.2, 0.25) is 5.02 Å². The van der Waals surface area contributed by atoms with Crippen LogP contribution < -0.4 is 10.2 Å². The van der Waals surface area contributed by atoms with Crippen LogP contribution >= 0.6 is 11.6 Å². The monoisotopic (exact) mass is 311 g/mol. The molecule has 21 heavy (non-hydrogen) atoms. The van der Waals surface area contributed by atoms with Crippen LogP contribution in [0.5, 0.6) is 0 Å². The first-order valence-corrected chi connectivity index (χ1v) is 8.02. The number of hydrogen-bond acceptors (Lipinski definition) is 4. The number of halogens is 1. The molecule has 0 spiro atoms. The van der Waals surface area contributed by atoms with E-state index >= 15 is 0 Å². The van der Waals surface area contributed by atoms with Crippen LogP contribution in [0.1, 0.15) is 6.92 Å². The van der Waals surface area contributed by atoms with E-state index in [1.54, 1.807) is 7.11 Å². The third kappa shape index (κ3) is 5.47. The lowest BCUT2D eigenvalue weighted by Crippen LogP contribution is -2.48. The predicted octanol–water partition coefficient (Wildman–Crippen LogP) is 2.09. The Morgan fingerprint density at radius 1 is 1.19 bits per heavy atom. The SMILES string of the molecule is COCC(C)NCCN1CCN(c2ccc(Cl)cc2)CC1. The van der Waals surface area contributed by atoms with Crippen molar-refractivity contribution in [2.45, 2.75) is 13.0 Å². The van der Waals surface area contributed by atoms with Crippen LogP contribution in [0.15, 0.2) is 24.3 Å². The highest BCUT2D eigenvalue weighted by molar-refractivity contribution is 6.30. The lowest BCUT2D eigenvalue weighted by molar-refractivity contribution is 0.168. The number of anilines is 1. The van der Waals surface area contributed by atoms with E-state index in [-0.39, 0.29) is 0 Å². The van der Waals surface area contributed by atoms with Gasteiger partial charge in [0.05, 0.1) is 6.61 Å². The number of rotatable bonds is 7. The van der Waals surface area contributed by atoms with E-state index in [1.165, 1.54) is 5.69 Å². The van der Waals surface area contributed by atoms with E-state index in [4.69, 9.17) is 16.3 Å². The average Bonchev–Trinajstić information content (AvgIpc) is 2.49. The van der Waals surface area contributed by atoms with Crippen LogP contribution in [-0.2, 0) is 4.74 Å². The fraction of sp³-hybridized carbons (Fsp3) is 0.625. The third-order valence-corrected chi connectivity index (χ3v) is 4.15. The molecular formula is C16H26ClN3O. The molecule has 1 saturated heterocycles. The molecule has 0 radical (unpaired) electrons. The molecule has 1 unspecified atom stereocenters. The maximum Gasteiger partial charge on any atom is 0.0613 e. The highest BCUT2D eigenvalue weighted by Gasteiger charge is 2.16. The molecule has 1 fully saturated rings. The number of benzene rings is 1. The summed E-state index contributed by atoms with van der Waals surface area (Å²) >= 11 is 5.94. The van der Waals surface area contributed by atoms with Crippen molar-refractivity contribution in [1.82, 2.24) is 10.2 Å². The van der Waals surface area contributed by atoms with E-state index in [1.807, 2.05) is 12.1 Å². The molecule has 2 rings (SSSR count). The minimum Gasteiger partial charge on any atom is -0.383 e. The summed E-state index contributed by atoms with van der Waals surface area (Å²) in [4.78, 5) is 4.94. The van der Waals surface area contributed by atoms with Gasteiger partial charge >= 0.3 is 0 Å². The van der Waals surface area contributed by atoms with Crippen molar-refractivity contribution in [1.29, 1.82) is 0 Å². The van der Waals surface area contributed by atoms with Crippen LogP contribution in [0, 0.1) is 0 Å². The van der Waals surface area contributed by atoms with Crippen molar-refractivity contribution < 1.29 is 4.74 Å². The topological polar surface area (TPSA) is 27.7 Å². The molecule has 1 aromatic carbocycles. The fourth-order valence-corrected chi connectivity index (χ4v) is 2.79. The van der Waals surface area contributed by atoms with Gasteiger partial charge in [-0.15, -0.1) is 0 Å². The molecule has 1 heterocycles.